The van der Waals surface area contributed by atoms with Crippen LogP contribution in [0.15, 0.2) is 59.5 Å². The SMILES string of the molecule is Cc1ccc(-c2ccc3c4c(cccc24)C(=O)S3)cc1. The van der Waals surface area contributed by atoms with Crippen molar-refractivity contribution in [3.63, 3.8) is 0 Å². The van der Waals surface area contributed by atoms with Crippen molar-refractivity contribution in [2.75, 3.05) is 0 Å². The first-order chi connectivity index (χ1) is 9.74. The minimum atomic E-state index is 0.159. The summed E-state index contributed by atoms with van der Waals surface area (Å²) in [6.45, 7) is 2.09. The Morgan fingerprint density at radius 1 is 0.850 bits per heavy atom. The molecule has 0 atom stereocenters. The lowest BCUT2D eigenvalue weighted by molar-refractivity contribution is 0.109. The molecule has 0 aliphatic carbocycles. The summed E-state index contributed by atoms with van der Waals surface area (Å²) in [4.78, 5) is 13.1. The maximum absolute atomic E-state index is 12.0. The van der Waals surface area contributed by atoms with Gasteiger partial charge in [0.05, 0.1) is 0 Å². The molecule has 3 aromatic rings. The van der Waals surface area contributed by atoms with E-state index in [-0.39, 0.29) is 5.12 Å². The molecule has 0 aromatic heterocycles. The van der Waals surface area contributed by atoms with E-state index >= 15 is 0 Å². The number of carbonyl (C=O) groups excluding carboxylic acids is 1. The van der Waals surface area contributed by atoms with Crippen molar-refractivity contribution in [1.82, 2.24) is 0 Å². The average molecular weight is 276 g/mol. The normalized spacial score (nSPS) is 13.2. The molecule has 1 nitrogen and oxygen atoms in total. The van der Waals surface area contributed by atoms with E-state index in [0.717, 1.165) is 15.8 Å². The third kappa shape index (κ3) is 1.61. The van der Waals surface area contributed by atoms with E-state index in [1.165, 1.54) is 33.8 Å². The molecule has 0 unspecified atom stereocenters. The molecule has 0 saturated carbocycles. The van der Waals surface area contributed by atoms with Gasteiger partial charge in [0.25, 0.3) is 0 Å². The summed E-state index contributed by atoms with van der Waals surface area (Å²) >= 11 is 1.34. The van der Waals surface area contributed by atoms with Crippen LogP contribution < -0.4 is 0 Å². The van der Waals surface area contributed by atoms with Crippen molar-refractivity contribution in [2.45, 2.75) is 11.8 Å². The molecule has 4 rings (SSSR count). The van der Waals surface area contributed by atoms with Crippen molar-refractivity contribution in [3.8, 4) is 11.1 Å². The Labute approximate surface area is 121 Å². The van der Waals surface area contributed by atoms with Crippen molar-refractivity contribution in [2.24, 2.45) is 0 Å². The maximum Gasteiger partial charge on any atom is 0.224 e. The van der Waals surface area contributed by atoms with Crippen LogP contribution in [0.4, 0.5) is 0 Å². The van der Waals surface area contributed by atoms with Gasteiger partial charge in [0.2, 0.25) is 5.12 Å². The van der Waals surface area contributed by atoms with Gasteiger partial charge >= 0.3 is 0 Å². The van der Waals surface area contributed by atoms with E-state index in [1.807, 2.05) is 12.1 Å². The van der Waals surface area contributed by atoms with Crippen LogP contribution in [0.1, 0.15) is 15.9 Å². The molecule has 0 spiro atoms. The second-order valence-corrected chi connectivity index (χ2v) is 6.11. The molecule has 0 amide bonds. The highest BCUT2D eigenvalue weighted by atomic mass is 32.2. The van der Waals surface area contributed by atoms with Gasteiger partial charge in [-0.1, -0.05) is 48.0 Å². The highest BCUT2D eigenvalue weighted by molar-refractivity contribution is 8.14. The van der Waals surface area contributed by atoms with E-state index in [2.05, 4.69) is 49.4 Å². The van der Waals surface area contributed by atoms with Crippen LogP contribution in [0, 0.1) is 6.92 Å². The van der Waals surface area contributed by atoms with E-state index in [1.54, 1.807) is 0 Å². The van der Waals surface area contributed by atoms with Gasteiger partial charge in [-0.15, -0.1) is 0 Å². The number of carbonyl (C=O) groups is 1. The van der Waals surface area contributed by atoms with Crippen LogP contribution in [0.5, 0.6) is 0 Å². The fourth-order valence-corrected chi connectivity index (χ4v) is 3.71. The van der Waals surface area contributed by atoms with Crippen molar-refractivity contribution in [3.05, 3.63) is 65.7 Å². The van der Waals surface area contributed by atoms with Crippen LogP contribution in [0.25, 0.3) is 21.9 Å². The molecule has 0 radical (unpaired) electrons. The number of thioether (sulfide) groups is 1. The Hall–Kier alpha value is -2.06. The fourth-order valence-electron chi connectivity index (χ4n) is 2.77. The van der Waals surface area contributed by atoms with Gasteiger partial charge in [0, 0.05) is 15.8 Å². The first-order valence-corrected chi connectivity index (χ1v) is 7.40. The minimum absolute atomic E-state index is 0.159. The molecule has 0 fully saturated rings. The predicted molar refractivity (Wildman–Crippen MR) is 84.3 cm³/mol. The quantitative estimate of drug-likeness (QED) is 0.618. The first kappa shape index (κ1) is 11.7. The van der Waals surface area contributed by atoms with Crippen LogP contribution in [0.2, 0.25) is 0 Å². The third-order valence-corrected chi connectivity index (χ3v) is 4.75. The summed E-state index contributed by atoms with van der Waals surface area (Å²) < 4.78 is 0. The molecule has 0 N–H and O–H groups in total. The van der Waals surface area contributed by atoms with Crippen LogP contribution in [-0.2, 0) is 0 Å². The first-order valence-electron chi connectivity index (χ1n) is 6.59. The van der Waals surface area contributed by atoms with Crippen LogP contribution >= 0.6 is 11.8 Å². The fraction of sp³-hybridized carbons (Fsp3) is 0.0556. The minimum Gasteiger partial charge on any atom is -0.281 e. The summed E-state index contributed by atoms with van der Waals surface area (Å²) in [5.74, 6) is 0. The monoisotopic (exact) mass is 276 g/mol. The molecule has 20 heavy (non-hydrogen) atoms. The summed E-state index contributed by atoms with van der Waals surface area (Å²) in [7, 11) is 0. The summed E-state index contributed by atoms with van der Waals surface area (Å²) in [6.07, 6.45) is 0. The second kappa shape index (κ2) is 4.22. The number of hydrogen-bond donors (Lipinski definition) is 0. The maximum atomic E-state index is 12.0. The Morgan fingerprint density at radius 3 is 2.45 bits per heavy atom. The largest absolute Gasteiger partial charge is 0.281 e. The lowest BCUT2D eigenvalue weighted by Crippen LogP contribution is -1.87. The molecule has 0 bridgehead atoms. The second-order valence-electron chi connectivity index (χ2n) is 5.09. The molecule has 3 aromatic carbocycles. The van der Waals surface area contributed by atoms with E-state index in [0.29, 0.717) is 0 Å². The zero-order valence-electron chi connectivity index (χ0n) is 11.0. The van der Waals surface area contributed by atoms with Crippen LogP contribution in [0.3, 0.4) is 0 Å². The zero-order chi connectivity index (χ0) is 13.7. The predicted octanol–water partition coefficient (Wildman–Crippen LogP) is 5.06. The number of aryl methyl sites for hydroxylation is 1. The molecule has 0 saturated heterocycles. The van der Waals surface area contributed by atoms with Crippen molar-refractivity contribution in [1.29, 1.82) is 0 Å². The highest BCUT2D eigenvalue weighted by Gasteiger charge is 2.23. The summed E-state index contributed by atoms with van der Waals surface area (Å²) in [5.41, 5.74) is 4.49. The van der Waals surface area contributed by atoms with Crippen molar-refractivity contribution < 1.29 is 4.79 Å². The van der Waals surface area contributed by atoms with Gasteiger partial charge in [-0.25, -0.2) is 0 Å². The third-order valence-electron chi connectivity index (χ3n) is 3.79. The molecule has 1 aliphatic rings. The smallest absolute Gasteiger partial charge is 0.224 e. The van der Waals surface area contributed by atoms with Gasteiger partial charge < -0.3 is 0 Å². The molecular formula is C18H12OS. The van der Waals surface area contributed by atoms with Crippen LogP contribution in [-0.4, -0.2) is 5.12 Å². The van der Waals surface area contributed by atoms with E-state index < -0.39 is 0 Å². The summed E-state index contributed by atoms with van der Waals surface area (Å²) in [6, 6.07) is 18.7. The number of hydrogen-bond acceptors (Lipinski definition) is 2. The molecule has 96 valence electrons. The van der Waals surface area contributed by atoms with Crippen molar-refractivity contribution >= 4 is 27.6 Å². The van der Waals surface area contributed by atoms with Gasteiger partial charge in [-0.05, 0) is 47.3 Å². The molecule has 1 heterocycles. The summed E-state index contributed by atoms with van der Waals surface area (Å²) in [5, 5.41) is 2.44. The number of rotatable bonds is 1. The molecule has 1 aliphatic heterocycles. The standard InChI is InChI=1S/C18H12OS/c1-11-5-7-12(8-6-11)13-9-10-16-17-14(13)3-2-4-15(17)18(19)20-16/h2-10H,1H3. The highest BCUT2D eigenvalue weighted by Crippen LogP contribution is 2.43. The molecule has 2 heteroatoms. The topological polar surface area (TPSA) is 17.1 Å². The number of benzene rings is 3. The van der Waals surface area contributed by atoms with Gasteiger partial charge in [-0.3, -0.25) is 4.79 Å². The Morgan fingerprint density at radius 2 is 1.65 bits per heavy atom. The van der Waals surface area contributed by atoms with E-state index in [4.69, 9.17) is 0 Å². The van der Waals surface area contributed by atoms with E-state index in [9.17, 15) is 4.79 Å². The Bertz CT molecular complexity index is 847. The Balaban J connectivity index is 2.05. The zero-order valence-corrected chi connectivity index (χ0v) is 11.8. The average Bonchev–Trinajstić information content (AvgIpc) is 2.79. The Kier molecular flexibility index (Phi) is 2.48. The lowest BCUT2D eigenvalue weighted by Gasteiger charge is -2.08. The van der Waals surface area contributed by atoms with Gasteiger partial charge in [-0.2, -0.15) is 0 Å². The lowest BCUT2D eigenvalue weighted by atomic mass is 9.95. The van der Waals surface area contributed by atoms with Gasteiger partial charge in [0.15, 0.2) is 0 Å². The molecular weight excluding hydrogens is 264 g/mol. The van der Waals surface area contributed by atoms with Gasteiger partial charge in [0.1, 0.15) is 0 Å².